The predicted molar refractivity (Wildman–Crippen MR) is 126 cm³/mol. The lowest BCUT2D eigenvalue weighted by atomic mass is 10.1. The first-order chi connectivity index (χ1) is 12.6. The number of aliphatic imine (C=N–C) groups is 1. The van der Waals surface area contributed by atoms with E-state index < -0.39 is 0 Å². The molecule has 27 heavy (non-hydrogen) atoms. The minimum Gasteiger partial charge on any atom is -0.358 e. The van der Waals surface area contributed by atoms with Gasteiger partial charge in [0.25, 0.3) is 0 Å². The molecule has 0 amide bonds. The highest BCUT2D eigenvalue weighted by Gasteiger charge is 2.10. The Bertz CT molecular complexity index is 899. The average Bonchev–Trinajstić information content (AvgIpc) is 3.16. The molecule has 5 nitrogen and oxygen atoms in total. The standard InChI is InChI=1S/C20H27N5S.HI/c1-5-21-20(25(4)12-16-13-26-15(3)24-16)22-11-10-17-14(2)23-19-9-7-6-8-18(17)19;/h6-9,13,23H,5,10-12H2,1-4H3,(H,21,22);1H. The summed E-state index contributed by atoms with van der Waals surface area (Å²) < 4.78 is 0. The maximum absolute atomic E-state index is 4.83. The van der Waals surface area contributed by atoms with Gasteiger partial charge in [-0.1, -0.05) is 18.2 Å². The Kier molecular flexibility index (Phi) is 8.09. The Morgan fingerprint density at radius 1 is 1.30 bits per heavy atom. The molecule has 1 aromatic carbocycles. The first kappa shape index (κ1) is 21.7. The summed E-state index contributed by atoms with van der Waals surface area (Å²) >= 11 is 1.69. The van der Waals surface area contributed by atoms with Crippen molar-refractivity contribution in [1.29, 1.82) is 0 Å². The van der Waals surface area contributed by atoms with Crippen LogP contribution < -0.4 is 5.32 Å². The van der Waals surface area contributed by atoms with Gasteiger partial charge in [0, 0.05) is 42.1 Å². The number of aromatic nitrogens is 2. The smallest absolute Gasteiger partial charge is 0.194 e. The van der Waals surface area contributed by atoms with Crippen LogP contribution >= 0.6 is 35.3 Å². The Hall–Kier alpha value is -1.61. The molecule has 0 unspecified atom stereocenters. The minimum absolute atomic E-state index is 0. The monoisotopic (exact) mass is 497 g/mol. The van der Waals surface area contributed by atoms with Gasteiger partial charge in [-0.25, -0.2) is 4.98 Å². The summed E-state index contributed by atoms with van der Waals surface area (Å²) in [7, 11) is 2.06. The van der Waals surface area contributed by atoms with Gasteiger partial charge in [0.1, 0.15) is 0 Å². The number of nitrogens with zero attached hydrogens (tertiary/aromatic N) is 3. The van der Waals surface area contributed by atoms with Crippen LogP contribution in [0.4, 0.5) is 0 Å². The van der Waals surface area contributed by atoms with Gasteiger partial charge in [-0.15, -0.1) is 35.3 Å². The van der Waals surface area contributed by atoms with Crippen molar-refractivity contribution in [3.63, 3.8) is 0 Å². The third-order valence-corrected chi connectivity index (χ3v) is 5.23. The van der Waals surface area contributed by atoms with Crippen LogP contribution in [0.1, 0.15) is 28.9 Å². The summed E-state index contributed by atoms with van der Waals surface area (Å²) in [4.78, 5) is 15.0. The molecule has 3 aromatic rings. The largest absolute Gasteiger partial charge is 0.358 e. The number of hydrogen-bond acceptors (Lipinski definition) is 3. The summed E-state index contributed by atoms with van der Waals surface area (Å²) in [5.74, 6) is 0.927. The molecule has 7 heteroatoms. The van der Waals surface area contributed by atoms with Gasteiger partial charge in [-0.2, -0.15) is 0 Å². The topological polar surface area (TPSA) is 56.3 Å². The molecule has 0 aliphatic rings. The van der Waals surface area contributed by atoms with E-state index in [0.717, 1.165) is 42.7 Å². The Balaban J connectivity index is 0.00000261. The average molecular weight is 497 g/mol. The molecule has 0 saturated carbocycles. The molecule has 0 radical (unpaired) electrons. The maximum atomic E-state index is 4.83. The molecule has 2 N–H and O–H groups in total. The normalized spacial score (nSPS) is 11.5. The molecule has 0 bridgehead atoms. The van der Waals surface area contributed by atoms with Crippen LogP contribution in [-0.4, -0.2) is 41.0 Å². The number of benzene rings is 1. The van der Waals surface area contributed by atoms with Gasteiger partial charge in [0.15, 0.2) is 5.96 Å². The quantitative estimate of drug-likeness (QED) is 0.300. The molecular formula is C20H28IN5S. The van der Waals surface area contributed by atoms with Crippen LogP contribution in [0.15, 0.2) is 34.6 Å². The Morgan fingerprint density at radius 3 is 2.78 bits per heavy atom. The van der Waals surface area contributed by atoms with Crippen LogP contribution in [0.2, 0.25) is 0 Å². The summed E-state index contributed by atoms with van der Waals surface area (Å²) in [6.45, 7) is 8.65. The number of nitrogens with one attached hydrogen (secondary N) is 2. The minimum atomic E-state index is 0. The lowest BCUT2D eigenvalue weighted by Crippen LogP contribution is -2.38. The lowest BCUT2D eigenvalue weighted by Gasteiger charge is -2.21. The van der Waals surface area contributed by atoms with Crippen LogP contribution in [-0.2, 0) is 13.0 Å². The highest BCUT2D eigenvalue weighted by Crippen LogP contribution is 2.22. The van der Waals surface area contributed by atoms with Crippen molar-refractivity contribution in [3.05, 3.63) is 51.6 Å². The van der Waals surface area contributed by atoms with E-state index in [0.29, 0.717) is 0 Å². The van der Waals surface area contributed by atoms with Crippen LogP contribution in [0.5, 0.6) is 0 Å². The van der Waals surface area contributed by atoms with Gasteiger partial charge in [0.2, 0.25) is 0 Å². The number of guanidine groups is 1. The third kappa shape index (κ3) is 5.44. The lowest BCUT2D eigenvalue weighted by molar-refractivity contribution is 0.471. The van der Waals surface area contributed by atoms with Gasteiger partial charge in [-0.3, -0.25) is 4.99 Å². The van der Waals surface area contributed by atoms with Crippen LogP contribution in [0, 0.1) is 13.8 Å². The van der Waals surface area contributed by atoms with E-state index in [4.69, 9.17) is 4.99 Å². The highest BCUT2D eigenvalue weighted by atomic mass is 127. The van der Waals surface area contributed by atoms with Gasteiger partial charge >= 0.3 is 0 Å². The second-order valence-corrected chi connectivity index (χ2v) is 7.54. The fourth-order valence-electron chi connectivity index (χ4n) is 3.20. The van der Waals surface area contributed by atoms with E-state index in [1.807, 2.05) is 6.92 Å². The van der Waals surface area contributed by atoms with E-state index in [9.17, 15) is 0 Å². The first-order valence-corrected chi connectivity index (χ1v) is 9.93. The van der Waals surface area contributed by atoms with Crippen LogP contribution in [0.3, 0.4) is 0 Å². The number of H-pyrrole nitrogens is 1. The molecule has 0 saturated heterocycles. The molecule has 0 atom stereocenters. The summed E-state index contributed by atoms with van der Waals surface area (Å²) in [6, 6.07) is 8.47. The van der Waals surface area contributed by atoms with E-state index in [-0.39, 0.29) is 24.0 Å². The van der Waals surface area contributed by atoms with E-state index >= 15 is 0 Å². The van der Waals surface area contributed by atoms with Crippen molar-refractivity contribution in [2.45, 2.75) is 33.7 Å². The number of hydrogen-bond donors (Lipinski definition) is 2. The number of rotatable bonds is 6. The van der Waals surface area contributed by atoms with Crippen molar-refractivity contribution in [3.8, 4) is 0 Å². The maximum Gasteiger partial charge on any atom is 0.194 e. The zero-order valence-corrected chi connectivity index (χ0v) is 19.5. The number of para-hydroxylation sites is 1. The second-order valence-electron chi connectivity index (χ2n) is 6.47. The zero-order valence-electron chi connectivity index (χ0n) is 16.4. The number of halogens is 1. The van der Waals surface area contributed by atoms with E-state index in [1.165, 1.54) is 22.2 Å². The number of fused-ring (bicyclic) bond motifs is 1. The summed E-state index contributed by atoms with van der Waals surface area (Å²) in [6.07, 6.45) is 0.925. The first-order valence-electron chi connectivity index (χ1n) is 9.05. The van der Waals surface area contributed by atoms with E-state index in [1.54, 1.807) is 11.3 Å². The van der Waals surface area contributed by atoms with E-state index in [2.05, 4.69) is 70.7 Å². The van der Waals surface area contributed by atoms with Crippen molar-refractivity contribution >= 4 is 52.2 Å². The molecule has 146 valence electrons. The van der Waals surface area contributed by atoms with Gasteiger partial charge < -0.3 is 15.2 Å². The Morgan fingerprint density at radius 2 is 2.07 bits per heavy atom. The fraction of sp³-hybridized carbons (Fsp3) is 0.400. The van der Waals surface area contributed by atoms with Crippen molar-refractivity contribution in [1.82, 2.24) is 20.2 Å². The molecule has 2 heterocycles. The highest BCUT2D eigenvalue weighted by molar-refractivity contribution is 14.0. The fourth-order valence-corrected chi connectivity index (χ4v) is 3.80. The predicted octanol–water partition coefficient (Wildman–Crippen LogP) is 4.50. The van der Waals surface area contributed by atoms with Crippen molar-refractivity contribution < 1.29 is 0 Å². The molecule has 3 rings (SSSR count). The van der Waals surface area contributed by atoms with Crippen molar-refractivity contribution in [2.75, 3.05) is 20.1 Å². The number of thiazole rings is 1. The van der Waals surface area contributed by atoms with Gasteiger partial charge in [0.05, 0.1) is 17.2 Å². The molecule has 0 aliphatic carbocycles. The SMILES string of the molecule is CCNC(=NCCc1c(C)[nH]c2ccccc12)N(C)Cc1csc(C)n1.I. The summed E-state index contributed by atoms with van der Waals surface area (Å²) in [5.41, 5.74) is 4.88. The molecule has 0 fully saturated rings. The zero-order chi connectivity index (χ0) is 18.5. The van der Waals surface area contributed by atoms with Crippen molar-refractivity contribution in [2.24, 2.45) is 4.99 Å². The van der Waals surface area contributed by atoms with Crippen LogP contribution in [0.25, 0.3) is 10.9 Å². The molecular weight excluding hydrogens is 469 g/mol. The van der Waals surface area contributed by atoms with Gasteiger partial charge in [-0.05, 0) is 38.8 Å². The number of aromatic amines is 1. The summed E-state index contributed by atoms with van der Waals surface area (Å²) in [5, 5.41) is 7.91. The number of aryl methyl sites for hydroxylation is 2. The molecule has 0 spiro atoms. The second kappa shape index (κ2) is 10.1. The molecule has 2 aromatic heterocycles. The Labute approximate surface area is 182 Å². The third-order valence-electron chi connectivity index (χ3n) is 4.41. The molecule has 0 aliphatic heterocycles.